The molecule has 3 aromatic rings. The van der Waals surface area contributed by atoms with Crippen LogP contribution >= 0.6 is 15.9 Å². The summed E-state index contributed by atoms with van der Waals surface area (Å²) in [6.45, 7) is 6.17. The summed E-state index contributed by atoms with van der Waals surface area (Å²) in [5.41, 5.74) is 5.09. The standard InChI is InChI=1S/C25H26BrN3O2/c1-15-11-20(22(27-14-15)16-7-5-4-6-8-16)28-24(31)29-23-18-12-17(26)9-10-19(18)25(2,3)13-21(23)30/h4-12,14,21,23,30H,13H2,1-3H3,(H2,28,29,31)/t21-,23-/m1/s1. The minimum Gasteiger partial charge on any atom is -0.391 e. The van der Waals surface area contributed by atoms with Gasteiger partial charge in [-0.05, 0) is 53.6 Å². The molecule has 1 aliphatic rings. The SMILES string of the molecule is Cc1cnc(-c2ccccc2)c(NC(=O)N[C@@H]2c3cc(Br)ccc3C(C)(C)C[C@H]2O)c1. The van der Waals surface area contributed by atoms with Gasteiger partial charge >= 0.3 is 6.03 Å². The van der Waals surface area contributed by atoms with Crippen LogP contribution in [0.5, 0.6) is 0 Å². The van der Waals surface area contributed by atoms with Crippen molar-refractivity contribution < 1.29 is 9.90 Å². The van der Waals surface area contributed by atoms with Gasteiger partial charge in [0.1, 0.15) is 0 Å². The van der Waals surface area contributed by atoms with E-state index in [4.69, 9.17) is 0 Å². The minimum absolute atomic E-state index is 0.176. The number of carbonyl (C=O) groups excluding carboxylic acids is 1. The highest BCUT2D eigenvalue weighted by Gasteiger charge is 2.39. The van der Waals surface area contributed by atoms with E-state index in [0.29, 0.717) is 17.8 Å². The molecule has 1 heterocycles. The van der Waals surface area contributed by atoms with Crippen molar-refractivity contribution in [1.82, 2.24) is 10.3 Å². The van der Waals surface area contributed by atoms with Crippen LogP contribution in [0.3, 0.4) is 0 Å². The molecular weight excluding hydrogens is 454 g/mol. The number of aliphatic hydroxyl groups is 1. The summed E-state index contributed by atoms with van der Waals surface area (Å²) in [4.78, 5) is 17.5. The van der Waals surface area contributed by atoms with E-state index in [-0.39, 0.29) is 11.4 Å². The smallest absolute Gasteiger partial charge is 0.319 e. The maximum absolute atomic E-state index is 13.0. The van der Waals surface area contributed by atoms with Gasteiger partial charge in [-0.3, -0.25) is 4.98 Å². The van der Waals surface area contributed by atoms with Crippen molar-refractivity contribution in [2.75, 3.05) is 5.32 Å². The number of hydrogen-bond donors (Lipinski definition) is 3. The third-order valence-electron chi connectivity index (χ3n) is 5.79. The van der Waals surface area contributed by atoms with Crippen LogP contribution in [0.1, 0.15) is 43.0 Å². The van der Waals surface area contributed by atoms with Gasteiger partial charge in [0.25, 0.3) is 0 Å². The van der Waals surface area contributed by atoms with Gasteiger partial charge < -0.3 is 15.7 Å². The van der Waals surface area contributed by atoms with E-state index < -0.39 is 12.1 Å². The normalized spacial score (nSPS) is 19.4. The molecule has 2 amide bonds. The molecule has 0 saturated carbocycles. The van der Waals surface area contributed by atoms with E-state index in [0.717, 1.165) is 26.7 Å². The molecule has 0 radical (unpaired) electrons. The van der Waals surface area contributed by atoms with Gasteiger partial charge in [0.2, 0.25) is 0 Å². The predicted octanol–water partition coefficient (Wildman–Crippen LogP) is 5.72. The van der Waals surface area contributed by atoms with Crippen molar-refractivity contribution in [3.05, 3.63) is 82.0 Å². The Labute approximate surface area is 191 Å². The second kappa shape index (κ2) is 8.44. The van der Waals surface area contributed by atoms with Gasteiger partial charge in [-0.15, -0.1) is 0 Å². The van der Waals surface area contributed by atoms with E-state index >= 15 is 0 Å². The second-order valence-electron chi connectivity index (χ2n) is 8.74. The summed E-state index contributed by atoms with van der Waals surface area (Å²) in [7, 11) is 0. The number of fused-ring (bicyclic) bond motifs is 1. The Bertz CT molecular complexity index is 1120. The van der Waals surface area contributed by atoms with Gasteiger partial charge in [-0.1, -0.05) is 66.2 Å². The third kappa shape index (κ3) is 4.50. The number of nitrogens with one attached hydrogen (secondary N) is 2. The number of pyridine rings is 1. The van der Waals surface area contributed by atoms with Gasteiger partial charge in [0.05, 0.1) is 23.5 Å². The molecule has 1 aliphatic carbocycles. The number of anilines is 1. The molecule has 3 N–H and O–H groups in total. The van der Waals surface area contributed by atoms with Crippen molar-refractivity contribution >= 4 is 27.6 Å². The lowest BCUT2D eigenvalue weighted by molar-refractivity contribution is 0.0882. The number of carbonyl (C=O) groups is 1. The van der Waals surface area contributed by atoms with Gasteiger partial charge in [-0.25, -0.2) is 4.79 Å². The fourth-order valence-electron chi connectivity index (χ4n) is 4.33. The number of aliphatic hydroxyl groups excluding tert-OH is 1. The number of aromatic nitrogens is 1. The number of hydrogen-bond acceptors (Lipinski definition) is 3. The average Bonchev–Trinajstić information content (AvgIpc) is 2.71. The highest BCUT2D eigenvalue weighted by molar-refractivity contribution is 9.10. The maximum atomic E-state index is 13.0. The van der Waals surface area contributed by atoms with Crippen LogP contribution in [0.4, 0.5) is 10.5 Å². The Morgan fingerprint density at radius 2 is 1.90 bits per heavy atom. The van der Waals surface area contributed by atoms with Gasteiger partial charge in [0.15, 0.2) is 0 Å². The van der Waals surface area contributed by atoms with Crippen LogP contribution in [-0.2, 0) is 5.41 Å². The molecule has 0 bridgehead atoms. The fraction of sp³-hybridized carbons (Fsp3) is 0.280. The average molecular weight is 480 g/mol. The van der Waals surface area contributed by atoms with Crippen LogP contribution in [0.25, 0.3) is 11.3 Å². The molecule has 0 aliphatic heterocycles. The molecule has 31 heavy (non-hydrogen) atoms. The van der Waals surface area contributed by atoms with Crippen LogP contribution in [-0.4, -0.2) is 22.2 Å². The lowest BCUT2D eigenvalue weighted by atomic mass is 9.70. The van der Waals surface area contributed by atoms with Gasteiger partial charge in [-0.2, -0.15) is 0 Å². The first kappa shape index (κ1) is 21.5. The quantitative estimate of drug-likeness (QED) is 0.449. The van der Waals surface area contributed by atoms with Crippen molar-refractivity contribution in [2.24, 2.45) is 0 Å². The van der Waals surface area contributed by atoms with Crippen molar-refractivity contribution in [1.29, 1.82) is 0 Å². The van der Waals surface area contributed by atoms with Gasteiger partial charge in [0, 0.05) is 16.2 Å². The van der Waals surface area contributed by atoms with E-state index in [1.165, 1.54) is 0 Å². The summed E-state index contributed by atoms with van der Waals surface area (Å²) < 4.78 is 0.914. The zero-order valence-electron chi connectivity index (χ0n) is 17.8. The number of halogens is 1. The minimum atomic E-state index is -0.688. The fourth-order valence-corrected chi connectivity index (χ4v) is 4.71. The molecule has 4 rings (SSSR count). The summed E-state index contributed by atoms with van der Waals surface area (Å²) in [6.07, 6.45) is 1.66. The topological polar surface area (TPSA) is 74.2 Å². The molecular formula is C25H26BrN3O2. The number of urea groups is 1. The Balaban J connectivity index is 1.62. The Hall–Kier alpha value is -2.70. The Kier molecular flexibility index (Phi) is 5.86. The summed E-state index contributed by atoms with van der Waals surface area (Å²) in [6, 6.07) is 16.8. The first-order chi connectivity index (χ1) is 14.7. The Morgan fingerprint density at radius 1 is 1.16 bits per heavy atom. The largest absolute Gasteiger partial charge is 0.391 e. The summed E-state index contributed by atoms with van der Waals surface area (Å²) in [5, 5.41) is 16.8. The van der Waals surface area contributed by atoms with Crippen molar-refractivity contribution in [3.8, 4) is 11.3 Å². The van der Waals surface area contributed by atoms with Crippen LogP contribution in [0, 0.1) is 6.92 Å². The molecule has 160 valence electrons. The zero-order valence-corrected chi connectivity index (χ0v) is 19.4. The molecule has 5 nitrogen and oxygen atoms in total. The van der Waals surface area contributed by atoms with E-state index in [2.05, 4.69) is 51.5 Å². The lowest BCUT2D eigenvalue weighted by Crippen LogP contribution is -2.45. The predicted molar refractivity (Wildman–Crippen MR) is 127 cm³/mol. The number of amides is 2. The van der Waals surface area contributed by atoms with Crippen molar-refractivity contribution in [2.45, 2.75) is 44.8 Å². The van der Waals surface area contributed by atoms with E-state index in [1.54, 1.807) is 6.20 Å². The molecule has 0 fully saturated rings. The maximum Gasteiger partial charge on any atom is 0.319 e. The monoisotopic (exact) mass is 479 g/mol. The number of aryl methyl sites for hydroxylation is 1. The van der Waals surface area contributed by atoms with Crippen molar-refractivity contribution in [3.63, 3.8) is 0 Å². The van der Waals surface area contributed by atoms with Crippen LogP contribution < -0.4 is 10.6 Å². The molecule has 0 spiro atoms. The molecule has 2 aromatic carbocycles. The Morgan fingerprint density at radius 3 is 2.65 bits per heavy atom. The first-order valence-electron chi connectivity index (χ1n) is 10.3. The zero-order chi connectivity index (χ0) is 22.2. The first-order valence-corrected chi connectivity index (χ1v) is 11.1. The van der Waals surface area contributed by atoms with E-state index in [1.807, 2.05) is 55.5 Å². The highest BCUT2D eigenvalue weighted by atomic mass is 79.9. The number of nitrogens with zero attached hydrogens (tertiary/aromatic N) is 1. The molecule has 0 saturated heterocycles. The van der Waals surface area contributed by atoms with Crippen LogP contribution in [0.15, 0.2) is 65.3 Å². The van der Waals surface area contributed by atoms with E-state index in [9.17, 15) is 9.90 Å². The highest BCUT2D eigenvalue weighted by Crippen LogP contribution is 2.42. The molecule has 1 aromatic heterocycles. The lowest BCUT2D eigenvalue weighted by Gasteiger charge is -2.40. The molecule has 6 heteroatoms. The summed E-state index contributed by atoms with van der Waals surface area (Å²) >= 11 is 3.52. The number of rotatable bonds is 3. The third-order valence-corrected chi connectivity index (χ3v) is 6.28. The second-order valence-corrected chi connectivity index (χ2v) is 9.65. The molecule has 2 atom stereocenters. The van der Waals surface area contributed by atoms with Crippen LogP contribution in [0.2, 0.25) is 0 Å². The number of benzene rings is 2. The summed E-state index contributed by atoms with van der Waals surface area (Å²) in [5.74, 6) is 0. The molecule has 0 unspecified atom stereocenters.